The smallest absolute Gasteiger partial charge is 0.336 e. The van der Waals surface area contributed by atoms with Crippen molar-refractivity contribution >= 4 is 35.3 Å². The number of nitrogens with zero attached hydrogens (tertiary/aromatic N) is 8. The second-order valence-corrected chi connectivity index (χ2v) is 22.8. The molecule has 22 heteroatoms. The molecule has 5 unspecified atom stereocenters. The van der Waals surface area contributed by atoms with Gasteiger partial charge < -0.3 is 28.7 Å². The van der Waals surface area contributed by atoms with E-state index in [1.165, 1.54) is 36.4 Å². The molecule has 4 aliphatic rings. The molecule has 0 N–H and O–H groups in total. The molecule has 0 fully saturated rings. The summed E-state index contributed by atoms with van der Waals surface area (Å²) >= 11 is -0.428. The monoisotopic (exact) mass is 1400 g/mol. The van der Waals surface area contributed by atoms with Gasteiger partial charge in [-0.25, -0.2) is 8.78 Å². The average Bonchev–Trinajstić information content (AvgIpc) is 1.51. The number of likely N-dealkylation sites (N-methyl/N-ethyl adjacent to an activating group) is 2. The van der Waals surface area contributed by atoms with Gasteiger partial charge in [0.25, 0.3) is 11.1 Å². The SMILES string of the molecule is [2H]C1=C(C2=C([2H])C([2H])=C(C(F)(F)F)C(C)C2[2H])C([2H])C([2H])C(C([2H])([2H])N(CCN(CC)CC)C(=O)C([2H])([2H])n2c(SC([2H])([2H])c3c([2H])c([2H])c(F)c([2H])c3[2H])nc(=O)c3c2CCC3)=C1[2H].[2H]c1c([2H])c(C([2H])([2H])Sc2nc(=O)c3c(n2C([2H])([2H])C(=O)N(CCN(CC)CC)C([2H])([2H])c2ccc(-c4ccc(C(F)(F)F)cc4)cc2)C([2H])([2H])C([2H])(C)C3([2H])[2H])c([2H])c([2H])c1F. The van der Waals surface area contributed by atoms with Gasteiger partial charge in [-0.15, -0.1) is 0 Å². The predicted molar refractivity (Wildman–Crippen MR) is 363 cm³/mol. The van der Waals surface area contributed by atoms with E-state index in [-0.39, 0.29) is 77.3 Å². The van der Waals surface area contributed by atoms with E-state index in [0.29, 0.717) is 51.7 Å². The molecule has 12 nitrogen and oxygen atoms in total. The second kappa shape index (κ2) is 33.2. The Morgan fingerprint density at radius 1 is 0.604 bits per heavy atom. The lowest BCUT2D eigenvalue weighted by Crippen LogP contribution is -2.42. The van der Waals surface area contributed by atoms with Crippen LogP contribution in [-0.4, -0.2) is 116 Å². The molecule has 0 radical (unpaired) electrons. The summed E-state index contributed by atoms with van der Waals surface area (Å²) in [4.78, 5) is 68.7. The number of alkyl halides is 6. The molecule has 4 aromatic carbocycles. The van der Waals surface area contributed by atoms with Gasteiger partial charge in [-0.05, 0) is 164 Å². The van der Waals surface area contributed by atoms with Crippen molar-refractivity contribution in [1.29, 1.82) is 0 Å². The predicted octanol–water partition coefficient (Wildman–Crippen LogP) is 14.9. The van der Waals surface area contributed by atoms with Gasteiger partial charge in [0.15, 0.2) is 10.3 Å². The normalized spacial score (nSPS) is 26.4. The largest absolute Gasteiger partial charge is 0.416 e. The number of allylic oxidation sites excluding steroid dienone is 7. The highest BCUT2D eigenvalue weighted by atomic mass is 32.2. The van der Waals surface area contributed by atoms with E-state index >= 15 is 0 Å². The standard InChI is InChI=1S/C37H40F4N4O2S.C37H44F4N4O2S/c1-4-43(5-2)18-19-44(22-26-6-10-28(11-7-26)29-12-14-30(15-13-29)37(39,40)41)34(46)23-45-33-21-25(3)20-32(33)35(47)42-36(45)48-24-27-8-16-31(38)17-9-27;1-4-43(5-2)19-20-44(22-26-9-13-28(14-10-26)29-15-18-32(25(3)21-29)37(39,40)41)34(46)23-45-33-8-6-7-31(33)35(47)42-36(45)48-24-27-11-16-30(38)17-12-27/h6-17,25H,4-5,18-24H2,1-3H3;9,11-13,15-18,25H,4-8,10,14,19-24H2,1-3H3/i8D,9D,16D,17D,20D2,21D2,22D2,23D2,24D2,25D;9D,10D,11D,12D,13D,14D,15D,16D,17D,18D,21D,22D2,23D2,24D2. The molecular weight excluding hydrogens is 1280 g/mol. The van der Waals surface area contributed by atoms with Crippen LogP contribution < -0.4 is 11.1 Å². The van der Waals surface area contributed by atoms with Crippen molar-refractivity contribution < 1.29 is 88.6 Å². The van der Waals surface area contributed by atoms with Crippen LogP contribution in [-0.2, 0) is 72.3 Å². The molecule has 0 saturated carbocycles. The molecule has 4 aliphatic carbocycles. The fraction of sp³-hybridized carbons (Fsp3) is 0.432. The van der Waals surface area contributed by atoms with Gasteiger partial charge in [0.05, 0.1) is 33.0 Å². The molecule has 10 rings (SSSR count). The van der Waals surface area contributed by atoms with Gasteiger partial charge in [0, 0.05) is 95.1 Å². The van der Waals surface area contributed by atoms with Crippen LogP contribution in [0.25, 0.3) is 11.1 Å². The number of amides is 2. The Morgan fingerprint density at radius 3 is 1.62 bits per heavy atom. The number of halogens is 8. The first-order chi connectivity index (χ1) is 58.6. The lowest BCUT2D eigenvalue weighted by Gasteiger charge is -2.30. The number of benzene rings is 4. The third-order valence-corrected chi connectivity index (χ3v) is 16.5. The molecule has 2 heterocycles. The minimum atomic E-state index is -5.12. The topological polar surface area (TPSA) is 117 Å². The highest BCUT2D eigenvalue weighted by Gasteiger charge is 2.38. The first-order valence-electron chi connectivity index (χ1n) is 46.1. The summed E-state index contributed by atoms with van der Waals surface area (Å²) in [5, 5.41) is -2.11. The molecule has 512 valence electrons. The number of fused-ring (bicyclic) bond motifs is 2. The van der Waals surface area contributed by atoms with E-state index in [2.05, 4.69) is 9.97 Å². The zero-order valence-corrected chi connectivity index (χ0v) is 53.9. The summed E-state index contributed by atoms with van der Waals surface area (Å²) in [6, 6.07) is -5.38. The summed E-state index contributed by atoms with van der Waals surface area (Å²) in [7, 11) is 0. The molecule has 5 atom stereocenters. The summed E-state index contributed by atoms with van der Waals surface area (Å²) < 4.78 is 391. The van der Waals surface area contributed by atoms with Gasteiger partial charge in [-0.2, -0.15) is 36.3 Å². The maximum Gasteiger partial charge on any atom is 0.416 e. The summed E-state index contributed by atoms with van der Waals surface area (Å²) in [5.41, 5.74) is -18.5. The maximum atomic E-state index is 15.0. The van der Waals surface area contributed by atoms with E-state index in [0.717, 1.165) is 26.0 Å². The Hall–Kier alpha value is -7.40. The number of aromatic nitrogens is 4. The Labute approximate surface area is 610 Å². The average molecular weight is 1400 g/mol. The van der Waals surface area contributed by atoms with Crippen molar-refractivity contribution in [2.75, 3.05) is 58.9 Å². The minimum absolute atomic E-state index is 0.0246. The lowest BCUT2D eigenvalue weighted by molar-refractivity contribution is -0.137. The second-order valence-electron chi connectivity index (χ2n) is 21.2. The Bertz CT molecular complexity index is 5590. The third-order valence-electron chi connectivity index (χ3n) is 14.9. The van der Waals surface area contributed by atoms with E-state index in [1.807, 2.05) is 0 Å². The number of carbonyl (C=O) groups excluding carboxylic acids is 2. The van der Waals surface area contributed by atoms with Gasteiger partial charge in [0.1, 0.15) is 24.6 Å². The number of thioether (sulfide) groups is 2. The number of carbonyl (C=O) groups is 2. The van der Waals surface area contributed by atoms with E-state index in [1.54, 1.807) is 37.5 Å². The quantitative estimate of drug-likeness (QED) is 0.0295. The first kappa shape index (κ1) is 41.1. The van der Waals surface area contributed by atoms with E-state index in [4.69, 9.17) is 32.9 Å². The highest BCUT2D eigenvalue weighted by molar-refractivity contribution is 7.98. The zero-order valence-electron chi connectivity index (χ0n) is 84.3. The molecule has 6 aromatic rings. The Morgan fingerprint density at radius 2 is 1.10 bits per heavy atom. The van der Waals surface area contributed by atoms with Crippen LogP contribution in [0.1, 0.15) is 156 Å². The van der Waals surface area contributed by atoms with Crippen molar-refractivity contribution in [2.45, 2.75) is 146 Å². The third kappa shape index (κ3) is 19.2. The molecular formula is C74H84F8N8O4S2. The molecule has 0 saturated heterocycles. The van der Waals surface area contributed by atoms with Gasteiger partial charge >= 0.3 is 12.4 Å². The molecule has 96 heavy (non-hydrogen) atoms. The summed E-state index contributed by atoms with van der Waals surface area (Å²) in [6.07, 6.45) is -22.7. The van der Waals surface area contributed by atoms with Crippen molar-refractivity contribution in [3.8, 4) is 11.1 Å². The van der Waals surface area contributed by atoms with Crippen molar-refractivity contribution in [2.24, 2.45) is 11.8 Å². The zero-order chi connectivity index (χ0) is 97.2. The van der Waals surface area contributed by atoms with Crippen LogP contribution in [0.15, 0.2) is 163 Å². The fourth-order valence-electron chi connectivity index (χ4n) is 9.80. The minimum Gasteiger partial charge on any atom is -0.336 e. The lowest BCUT2D eigenvalue weighted by atomic mass is 9.82. The molecule has 0 aliphatic heterocycles. The van der Waals surface area contributed by atoms with Crippen LogP contribution in [0.4, 0.5) is 35.1 Å². The van der Waals surface area contributed by atoms with E-state index in [9.17, 15) is 65.3 Å². The fourth-order valence-corrected chi connectivity index (χ4v) is 11.1. The van der Waals surface area contributed by atoms with Crippen LogP contribution in [0.2, 0.25) is 0 Å². The van der Waals surface area contributed by atoms with Crippen molar-refractivity contribution in [3.63, 3.8) is 0 Å². The molecule has 0 bridgehead atoms. The summed E-state index contributed by atoms with van der Waals surface area (Å²) in [6.45, 7) is -5.36. The van der Waals surface area contributed by atoms with Crippen LogP contribution in [0.3, 0.4) is 0 Å². The number of hydrogen-bond donors (Lipinski definition) is 0. The van der Waals surface area contributed by atoms with Crippen molar-refractivity contribution in [3.05, 3.63) is 220 Å². The number of hydrogen-bond acceptors (Lipinski definition) is 10. The van der Waals surface area contributed by atoms with Gasteiger partial charge in [0.2, 0.25) is 11.8 Å². The highest BCUT2D eigenvalue weighted by Crippen LogP contribution is 2.41. The van der Waals surface area contributed by atoms with Gasteiger partial charge in [-0.1, -0.05) is 155 Å². The molecule has 0 spiro atoms. The van der Waals surface area contributed by atoms with E-state index < -0.39 is 274 Å². The number of rotatable bonds is 26. The van der Waals surface area contributed by atoms with Crippen LogP contribution in [0.5, 0.6) is 0 Å². The Balaban J connectivity index is 0.000000289. The Kier molecular flexibility index (Phi) is 14.2. The molecule has 2 amide bonds. The molecule has 2 aromatic heterocycles. The maximum absolute atomic E-state index is 15.0. The van der Waals surface area contributed by atoms with Crippen LogP contribution >= 0.6 is 23.5 Å². The van der Waals surface area contributed by atoms with Gasteiger partial charge in [-0.3, -0.25) is 19.2 Å². The van der Waals surface area contributed by atoms with Crippen LogP contribution in [0, 0.1) is 23.4 Å². The first-order valence-corrected chi connectivity index (χ1v) is 31.5. The summed E-state index contributed by atoms with van der Waals surface area (Å²) in [5.74, 6) is -11.5. The van der Waals surface area contributed by atoms with Crippen molar-refractivity contribution in [1.82, 2.24) is 38.7 Å².